The predicted molar refractivity (Wildman–Crippen MR) is 78.9 cm³/mol. The number of benzene rings is 1. The monoisotopic (exact) mass is 298 g/mol. The van der Waals surface area contributed by atoms with Gasteiger partial charge in [-0.2, -0.15) is 4.31 Å². The molecule has 5 nitrogen and oxygen atoms in total. The van der Waals surface area contributed by atoms with Gasteiger partial charge in [0, 0.05) is 13.1 Å². The molecule has 1 heterocycles. The Balaban J connectivity index is 2.33. The number of nitrogen functional groups attached to an aromatic ring is 1. The molecule has 1 aromatic carbocycles. The Kier molecular flexibility index (Phi) is 3.83. The van der Waals surface area contributed by atoms with Crippen LogP contribution in [0.25, 0.3) is 0 Å². The fourth-order valence-corrected chi connectivity index (χ4v) is 4.67. The Morgan fingerprint density at radius 3 is 2.40 bits per heavy atom. The number of hydrogen-bond acceptors (Lipinski definition) is 4. The number of aryl methyl sites for hydroxylation is 2. The van der Waals surface area contributed by atoms with Gasteiger partial charge in [-0.05, 0) is 31.4 Å². The molecular weight excluding hydrogens is 276 g/mol. The molecule has 1 aromatic rings. The van der Waals surface area contributed by atoms with Crippen molar-refractivity contribution in [1.29, 1.82) is 0 Å². The number of β-amino-alcohol motifs (C(OH)–C–C–N with tert-alkyl or cyclic N) is 1. The van der Waals surface area contributed by atoms with E-state index in [-0.39, 0.29) is 18.0 Å². The van der Waals surface area contributed by atoms with Crippen molar-refractivity contribution in [1.82, 2.24) is 4.31 Å². The largest absolute Gasteiger partial charge is 0.397 e. The molecule has 0 atom stereocenters. The molecular formula is C14H22N2O3S. The Labute approximate surface area is 120 Å². The summed E-state index contributed by atoms with van der Waals surface area (Å²) in [5.74, 6) is 0. The van der Waals surface area contributed by atoms with Crippen molar-refractivity contribution in [2.45, 2.75) is 44.1 Å². The van der Waals surface area contributed by atoms with E-state index in [0.29, 0.717) is 17.7 Å². The molecule has 6 heteroatoms. The van der Waals surface area contributed by atoms with Gasteiger partial charge in [0.05, 0.1) is 11.3 Å². The lowest BCUT2D eigenvalue weighted by molar-refractivity contribution is -0.0653. The number of aliphatic hydroxyl groups is 1. The van der Waals surface area contributed by atoms with Gasteiger partial charge in [0.1, 0.15) is 4.90 Å². The minimum atomic E-state index is -3.63. The van der Waals surface area contributed by atoms with Crippen LogP contribution in [0.1, 0.15) is 30.9 Å². The number of hydrogen-bond donors (Lipinski definition) is 2. The maximum absolute atomic E-state index is 12.6. The molecule has 0 aliphatic carbocycles. The molecule has 20 heavy (non-hydrogen) atoms. The van der Waals surface area contributed by atoms with Crippen LogP contribution in [-0.2, 0) is 10.0 Å². The van der Waals surface area contributed by atoms with E-state index in [1.54, 1.807) is 19.9 Å². The summed E-state index contributed by atoms with van der Waals surface area (Å²) in [7, 11) is -3.63. The molecule has 1 fully saturated rings. The van der Waals surface area contributed by atoms with Gasteiger partial charge >= 0.3 is 0 Å². The summed E-state index contributed by atoms with van der Waals surface area (Å²) >= 11 is 0. The SMILES string of the molecule is CCCC1(O)CN(S(=O)(=O)c2c(C)ccc(C)c2N)C1. The quantitative estimate of drug-likeness (QED) is 0.824. The van der Waals surface area contributed by atoms with Crippen LogP contribution in [0, 0.1) is 13.8 Å². The first-order chi connectivity index (χ1) is 9.21. The number of anilines is 1. The maximum atomic E-state index is 12.6. The van der Waals surface area contributed by atoms with Crippen molar-refractivity contribution in [2.24, 2.45) is 0 Å². The second-order valence-corrected chi connectivity index (χ2v) is 7.56. The summed E-state index contributed by atoms with van der Waals surface area (Å²) in [5, 5.41) is 10.1. The number of nitrogens with zero attached hydrogens (tertiary/aromatic N) is 1. The van der Waals surface area contributed by atoms with Crippen molar-refractivity contribution in [3.05, 3.63) is 23.3 Å². The van der Waals surface area contributed by atoms with Crippen LogP contribution in [-0.4, -0.2) is 36.5 Å². The summed E-state index contributed by atoms with van der Waals surface area (Å²) in [6.45, 7) is 5.79. The zero-order chi connectivity index (χ0) is 15.1. The maximum Gasteiger partial charge on any atom is 0.245 e. The van der Waals surface area contributed by atoms with Gasteiger partial charge in [-0.15, -0.1) is 0 Å². The Morgan fingerprint density at radius 2 is 1.85 bits per heavy atom. The van der Waals surface area contributed by atoms with Gasteiger partial charge in [-0.25, -0.2) is 8.42 Å². The first kappa shape index (κ1) is 15.3. The van der Waals surface area contributed by atoms with Gasteiger partial charge in [-0.1, -0.05) is 25.5 Å². The second kappa shape index (κ2) is 5.02. The lowest BCUT2D eigenvalue weighted by Crippen LogP contribution is -2.63. The Bertz CT molecular complexity index is 620. The van der Waals surface area contributed by atoms with Gasteiger partial charge < -0.3 is 10.8 Å². The molecule has 0 unspecified atom stereocenters. The molecule has 0 aromatic heterocycles. The molecule has 0 bridgehead atoms. The number of rotatable bonds is 4. The van der Waals surface area contributed by atoms with Crippen LogP contribution in [0.15, 0.2) is 17.0 Å². The highest BCUT2D eigenvalue weighted by atomic mass is 32.2. The third kappa shape index (κ3) is 2.43. The van der Waals surface area contributed by atoms with Gasteiger partial charge in [0.25, 0.3) is 0 Å². The summed E-state index contributed by atoms with van der Waals surface area (Å²) < 4.78 is 26.6. The highest BCUT2D eigenvalue weighted by Crippen LogP contribution is 2.35. The first-order valence-corrected chi connectivity index (χ1v) is 8.23. The molecule has 1 aliphatic rings. The lowest BCUT2D eigenvalue weighted by atomic mass is 9.92. The van der Waals surface area contributed by atoms with Crippen molar-refractivity contribution in [3.63, 3.8) is 0 Å². The molecule has 0 amide bonds. The summed E-state index contributed by atoms with van der Waals surface area (Å²) in [5.41, 5.74) is 6.75. The van der Waals surface area contributed by atoms with Crippen LogP contribution in [0.4, 0.5) is 5.69 Å². The predicted octanol–water partition coefficient (Wildman–Crippen LogP) is 1.42. The molecule has 0 spiro atoms. The standard InChI is InChI=1S/C14H22N2O3S/c1-4-7-14(17)8-16(9-14)20(18,19)13-11(3)6-5-10(2)12(13)15/h5-6,17H,4,7-9,15H2,1-3H3. The van der Waals surface area contributed by atoms with Crippen molar-refractivity contribution in [3.8, 4) is 0 Å². The molecule has 1 saturated heterocycles. The third-order valence-corrected chi connectivity index (χ3v) is 5.86. The average Bonchev–Trinajstić information content (AvgIpc) is 2.31. The van der Waals surface area contributed by atoms with Crippen LogP contribution in [0.5, 0.6) is 0 Å². The fourth-order valence-electron chi connectivity index (χ4n) is 2.68. The minimum absolute atomic E-state index is 0.149. The molecule has 0 saturated carbocycles. The molecule has 3 N–H and O–H groups in total. The van der Waals surface area contributed by atoms with E-state index >= 15 is 0 Å². The number of sulfonamides is 1. The smallest absolute Gasteiger partial charge is 0.245 e. The van der Waals surface area contributed by atoms with Crippen molar-refractivity contribution >= 4 is 15.7 Å². The molecule has 0 radical (unpaired) electrons. The van der Waals surface area contributed by atoms with E-state index in [2.05, 4.69) is 0 Å². The molecule has 2 rings (SSSR count). The normalized spacial score (nSPS) is 18.8. The number of nitrogens with two attached hydrogens (primary N) is 1. The van der Waals surface area contributed by atoms with Crippen LogP contribution < -0.4 is 5.73 Å². The third-order valence-electron chi connectivity index (χ3n) is 3.87. The Morgan fingerprint density at radius 1 is 1.30 bits per heavy atom. The Hall–Kier alpha value is -1.11. The zero-order valence-electron chi connectivity index (χ0n) is 12.2. The van der Waals surface area contributed by atoms with E-state index < -0.39 is 15.6 Å². The van der Waals surface area contributed by atoms with Crippen LogP contribution in [0.3, 0.4) is 0 Å². The van der Waals surface area contributed by atoms with Crippen LogP contribution in [0.2, 0.25) is 0 Å². The summed E-state index contributed by atoms with van der Waals surface area (Å²) in [4.78, 5) is 0.177. The second-order valence-electron chi connectivity index (χ2n) is 5.69. The van der Waals surface area contributed by atoms with Crippen LogP contribution >= 0.6 is 0 Å². The van der Waals surface area contributed by atoms with Crippen molar-refractivity contribution in [2.75, 3.05) is 18.8 Å². The first-order valence-electron chi connectivity index (χ1n) is 6.79. The highest BCUT2D eigenvalue weighted by Gasteiger charge is 2.47. The highest BCUT2D eigenvalue weighted by molar-refractivity contribution is 7.89. The van der Waals surface area contributed by atoms with Gasteiger partial charge in [0.15, 0.2) is 0 Å². The topological polar surface area (TPSA) is 83.6 Å². The zero-order valence-corrected chi connectivity index (χ0v) is 13.0. The van der Waals surface area contributed by atoms with E-state index in [0.717, 1.165) is 12.0 Å². The van der Waals surface area contributed by atoms with E-state index in [4.69, 9.17) is 5.73 Å². The van der Waals surface area contributed by atoms with Gasteiger partial charge in [0.2, 0.25) is 10.0 Å². The lowest BCUT2D eigenvalue weighted by Gasteiger charge is -2.45. The van der Waals surface area contributed by atoms with Crippen molar-refractivity contribution < 1.29 is 13.5 Å². The minimum Gasteiger partial charge on any atom is -0.397 e. The fraction of sp³-hybridized carbons (Fsp3) is 0.571. The summed E-state index contributed by atoms with van der Waals surface area (Å²) in [6.07, 6.45) is 1.44. The molecule has 112 valence electrons. The summed E-state index contributed by atoms with van der Waals surface area (Å²) in [6, 6.07) is 3.57. The van der Waals surface area contributed by atoms with E-state index in [9.17, 15) is 13.5 Å². The molecule has 1 aliphatic heterocycles. The van der Waals surface area contributed by atoms with Gasteiger partial charge in [-0.3, -0.25) is 0 Å². The van der Waals surface area contributed by atoms with E-state index in [1.807, 2.05) is 13.0 Å². The average molecular weight is 298 g/mol. The van der Waals surface area contributed by atoms with E-state index in [1.165, 1.54) is 4.31 Å².